The van der Waals surface area contributed by atoms with Crippen LogP contribution in [0.5, 0.6) is 0 Å². The molecule has 0 atom stereocenters. The summed E-state index contributed by atoms with van der Waals surface area (Å²) in [6.45, 7) is 0. The van der Waals surface area contributed by atoms with E-state index >= 15 is 0 Å². The molecule has 0 spiro atoms. The highest BCUT2D eigenvalue weighted by atomic mass is 28.3. The zero-order chi connectivity index (χ0) is 36.5. The molecule has 260 valence electrons. The number of para-hydroxylation sites is 3. The molecule has 4 aromatic heterocycles. The van der Waals surface area contributed by atoms with Gasteiger partial charge in [0.2, 0.25) is 0 Å². The number of aromatic nitrogens is 4. The first-order valence-corrected chi connectivity index (χ1v) is 20.6. The summed E-state index contributed by atoms with van der Waals surface area (Å²) in [6.07, 6.45) is 1.87. The minimum Gasteiger partial charge on any atom is -0.454 e. The molecule has 0 amide bonds. The number of hydrogen-bond donors (Lipinski definition) is 0. The predicted octanol–water partition coefficient (Wildman–Crippen LogP) is 9.01. The predicted molar refractivity (Wildman–Crippen MR) is 229 cm³/mol. The Balaban J connectivity index is 1.26. The van der Waals surface area contributed by atoms with E-state index in [1.807, 2.05) is 18.3 Å². The van der Waals surface area contributed by atoms with Crippen LogP contribution < -0.4 is 20.7 Å². The molecular weight excluding hydrogens is 689 g/mol. The van der Waals surface area contributed by atoms with Gasteiger partial charge >= 0.3 is 0 Å². The van der Waals surface area contributed by atoms with Crippen LogP contribution in [0.3, 0.4) is 0 Å². The number of benzene rings is 7. The van der Waals surface area contributed by atoms with E-state index in [1.54, 1.807) is 0 Å². The third-order valence-electron chi connectivity index (χ3n) is 11.3. The number of hydrogen-bond acceptors (Lipinski definition) is 3. The largest absolute Gasteiger partial charge is 0.454 e. The van der Waals surface area contributed by atoms with Crippen molar-refractivity contribution in [3.05, 3.63) is 188 Å². The average molecular weight is 723 g/mol. The molecule has 4 heterocycles. The molecule has 0 radical (unpaired) electrons. The van der Waals surface area contributed by atoms with Gasteiger partial charge in [0.05, 0.1) is 22.1 Å². The van der Waals surface area contributed by atoms with Gasteiger partial charge in [0.25, 0.3) is 0 Å². The lowest BCUT2D eigenvalue weighted by atomic mass is 10.1. The molecule has 0 fully saturated rings. The first-order chi connectivity index (χ1) is 27.2. The molecule has 0 aliphatic carbocycles. The van der Waals surface area contributed by atoms with Crippen molar-refractivity contribution < 1.29 is 4.42 Å². The van der Waals surface area contributed by atoms with Crippen molar-refractivity contribution in [2.24, 2.45) is 7.05 Å². The quantitative estimate of drug-likeness (QED) is 0.127. The summed E-state index contributed by atoms with van der Waals surface area (Å²) in [6, 6.07) is 65.7. The second kappa shape index (κ2) is 12.3. The van der Waals surface area contributed by atoms with Gasteiger partial charge in [0.15, 0.2) is 13.7 Å². The van der Waals surface area contributed by atoms with E-state index in [9.17, 15) is 0 Å². The van der Waals surface area contributed by atoms with Gasteiger partial charge in [0, 0.05) is 40.4 Å². The van der Waals surface area contributed by atoms with Crippen molar-refractivity contribution in [3.8, 4) is 17.2 Å². The maximum absolute atomic E-state index is 6.70. The number of fused-ring (bicyclic) bond motifs is 8. The maximum atomic E-state index is 6.70. The summed E-state index contributed by atoms with van der Waals surface area (Å²) >= 11 is 0. The minimum absolute atomic E-state index is 0.850. The third-order valence-corrected chi connectivity index (χ3v) is 16.1. The van der Waals surface area contributed by atoms with Gasteiger partial charge in [0.1, 0.15) is 17.2 Å². The number of pyridine rings is 1. The molecular formula is C49H34N4OSi. The lowest BCUT2D eigenvalue weighted by molar-refractivity contribution is 0.671. The third kappa shape index (κ3) is 4.65. The smallest absolute Gasteiger partial charge is 0.179 e. The van der Waals surface area contributed by atoms with Gasteiger partial charge in [-0.3, -0.25) is 4.57 Å². The second-order valence-corrected chi connectivity index (χ2v) is 18.0. The Morgan fingerprint density at radius 3 is 1.96 bits per heavy atom. The average Bonchev–Trinajstić information content (AvgIpc) is 3.91. The van der Waals surface area contributed by atoms with Crippen molar-refractivity contribution in [3.63, 3.8) is 0 Å². The van der Waals surface area contributed by atoms with E-state index in [4.69, 9.17) is 14.4 Å². The van der Waals surface area contributed by atoms with E-state index in [-0.39, 0.29) is 0 Å². The van der Waals surface area contributed by atoms with Crippen molar-refractivity contribution >= 4 is 83.6 Å². The van der Waals surface area contributed by atoms with E-state index in [1.165, 1.54) is 20.7 Å². The first kappa shape index (κ1) is 31.5. The van der Waals surface area contributed by atoms with Gasteiger partial charge in [-0.05, 0) is 63.2 Å². The fourth-order valence-corrected chi connectivity index (χ4v) is 13.7. The summed E-state index contributed by atoms with van der Waals surface area (Å²) < 4.78 is 11.2. The highest BCUT2D eigenvalue weighted by Crippen LogP contribution is 2.40. The summed E-state index contributed by atoms with van der Waals surface area (Å²) in [5, 5.41) is 9.68. The van der Waals surface area contributed by atoms with Crippen LogP contribution in [-0.2, 0) is 7.05 Å². The van der Waals surface area contributed by atoms with Crippen LogP contribution in [0.2, 0.25) is 0 Å². The molecule has 11 rings (SSSR count). The monoisotopic (exact) mass is 722 g/mol. The Hall–Kier alpha value is -7.02. The van der Waals surface area contributed by atoms with Crippen molar-refractivity contribution in [1.82, 2.24) is 19.1 Å². The van der Waals surface area contributed by atoms with Crippen molar-refractivity contribution in [1.29, 1.82) is 0 Å². The van der Waals surface area contributed by atoms with Crippen LogP contribution >= 0.6 is 0 Å². The minimum atomic E-state index is -2.98. The Kier molecular flexibility index (Phi) is 7.02. The molecule has 0 saturated carbocycles. The maximum Gasteiger partial charge on any atom is 0.179 e. The number of furan rings is 1. The molecule has 55 heavy (non-hydrogen) atoms. The molecule has 0 unspecified atom stereocenters. The number of aryl methyl sites for hydroxylation is 1. The van der Waals surface area contributed by atoms with E-state index < -0.39 is 8.07 Å². The van der Waals surface area contributed by atoms with Gasteiger partial charge in [-0.1, -0.05) is 140 Å². The molecule has 7 aromatic carbocycles. The molecule has 5 nitrogen and oxygen atoms in total. The fourth-order valence-electron chi connectivity index (χ4n) is 8.91. The summed E-state index contributed by atoms with van der Waals surface area (Å²) in [5.41, 5.74) is 7.06. The van der Waals surface area contributed by atoms with Crippen LogP contribution in [0.25, 0.3) is 72.0 Å². The lowest BCUT2D eigenvalue weighted by Gasteiger charge is -2.34. The van der Waals surface area contributed by atoms with Crippen LogP contribution in [0, 0.1) is 0 Å². The molecule has 0 aliphatic heterocycles. The molecule has 0 saturated heterocycles. The number of nitrogens with zero attached hydrogens (tertiary/aromatic N) is 4. The van der Waals surface area contributed by atoms with E-state index in [0.717, 1.165) is 72.0 Å². The normalized spacial score (nSPS) is 12.1. The summed E-state index contributed by atoms with van der Waals surface area (Å²) in [7, 11) is -0.874. The van der Waals surface area contributed by atoms with Crippen molar-refractivity contribution in [2.75, 3.05) is 0 Å². The highest BCUT2D eigenvalue weighted by molar-refractivity contribution is 7.20. The van der Waals surface area contributed by atoms with E-state index in [0.29, 0.717) is 0 Å². The molecule has 0 N–H and O–H groups in total. The van der Waals surface area contributed by atoms with Crippen LogP contribution in [0.1, 0.15) is 0 Å². The lowest BCUT2D eigenvalue weighted by Crippen LogP contribution is -2.74. The molecule has 6 heteroatoms. The fraction of sp³-hybridized carbons (Fsp3) is 0.0204. The summed E-state index contributed by atoms with van der Waals surface area (Å²) in [5.74, 6) is 1.80. The van der Waals surface area contributed by atoms with Gasteiger partial charge in [-0.25, -0.2) is 9.97 Å². The molecule has 0 aliphatic rings. The first-order valence-electron chi connectivity index (χ1n) is 18.6. The number of imidazole rings is 1. The second-order valence-electron chi connectivity index (χ2n) is 14.2. The zero-order valence-corrected chi connectivity index (χ0v) is 31.1. The zero-order valence-electron chi connectivity index (χ0n) is 30.1. The van der Waals surface area contributed by atoms with Gasteiger partial charge in [-0.2, -0.15) is 0 Å². The standard InChI is InChI=1S/C49H34N4OSi/c1-52-43-23-10-9-22-42(43)51-49(52)33-15-14-20-36(31-33)55(34-16-4-2-5-17-34,35-18-6-3-7-19-35)37-26-27-38-40-28-29-41-39-21-8-11-24-45(39)54-48(41)47(40)53(44(38)32-37)46-25-12-13-30-50-46/h2-32H,1H3. The Labute approximate surface area is 318 Å². The van der Waals surface area contributed by atoms with E-state index in [2.05, 4.69) is 186 Å². The van der Waals surface area contributed by atoms with Gasteiger partial charge in [-0.15, -0.1) is 0 Å². The molecule has 11 aromatic rings. The highest BCUT2D eigenvalue weighted by Gasteiger charge is 2.42. The van der Waals surface area contributed by atoms with Gasteiger partial charge < -0.3 is 8.98 Å². The van der Waals surface area contributed by atoms with Crippen LogP contribution in [0.4, 0.5) is 0 Å². The summed E-state index contributed by atoms with van der Waals surface area (Å²) in [4.78, 5) is 10.1. The van der Waals surface area contributed by atoms with Crippen LogP contribution in [-0.4, -0.2) is 27.2 Å². The Morgan fingerprint density at radius 1 is 0.509 bits per heavy atom. The van der Waals surface area contributed by atoms with Crippen molar-refractivity contribution in [2.45, 2.75) is 0 Å². The topological polar surface area (TPSA) is 48.8 Å². The SMILES string of the molecule is Cn1c(-c2cccc([Si](c3ccccc3)(c3ccccc3)c3ccc4c5ccc6c7ccccc7oc6c5n(-c5ccccn5)c4c3)c2)nc2ccccc21. The Morgan fingerprint density at radius 2 is 1.18 bits per heavy atom. The molecule has 0 bridgehead atoms. The van der Waals surface area contributed by atoms with Crippen LogP contribution in [0.15, 0.2) is 193 Å². The Bertz CT molecular complexity index is 3180. The number of rotatable bonds is 6.